The van der Waals surface area contributed by atoms with Crippen molar-refractivity contribution in [3.8, 4) is 0 Å². The first-order chi connectivity index (χ1) is 8.87. The molecule has 2 atom stereocenters. The Bertz CT molecular complexity index is 323. The van der Waals surface area contributed by atoms with Gasteiger partial charge in [-0.25, -0.2) is 4.79 Å². The smallest absolute Gasteiger partial charge is 0.410 e. The zero-order valence-electron chi connectivity index (χ0n) is 12.0. The molecule has 2 aliphatic heterocycles. The van der Waals surface area contributed by atoms with Gasteiger partial charge in [0.2, 0.25) is 0 Å². The fraction of sp³-hybridized carbons (Fsp3) is 0.923. The van der Waals surface area contributed by atoms with Crippen molar-refractivity contribution in [3.63, 3.8) is 0 Å². The van der Waals surface area contributed by atoms with Crippen LogP contribution >= 0.6 is 0 Å². The van der Waals surface area contributed by atoms with Crippen LogP contribution in [0, 0.1) is 0 Å². The molecule has 6 nitrogen and oxygen atoms in total. The van der Waals surface area contributed by atoms with E-state index in [0.29, 0.717) is 26.3 Å². The van der Waals surface area contributed by atoms with Gasteiger partial charge in [0.05, 0.1) is 31.9 Å². The third kappa shape index (κ3) is 3.81. The molecule has 0 aromatic heterocycles. The molecule has 0 aromatic carbocycles. The predicted molar refractivity (Wildman–Crippen MR) is 70.0 cm³/mol. The first-order valence-electron chi connectivity index (χ1n) is 6.84. The zero-order valence-corrected chi connectivity index (χ0v) is 12.0. The minimum absolute atomic E-state index is 0.00332. The molecule has 2 heterocycles. The van der Waals surface area contributed by atoms with Crippen LogP contribution < -0.4 is 0 Å². The van der Waals surface area contributed by atoms with Crippen LogP contribution in [0.5, 0.6) is 0 Å². The molecule has 2 saturated heterocycles. The fourth-order valence-electron chi connectivity index (χ4n) is 2.51. The van der Waals surface area contributed by atoms with Gasteiger partial charge in [0, 0.05) is 19.6 Å². The van der Waals surface area contributed by atoms with Crippen LogP contribution in [0.4, 0.5) is 4.79 Å². The highest BCUT2D eigenvalue weighted by Gasteiger charge is 2.39. The average Bonchev–Trinajstić information content (AvgIpc) is 2.70. The molecule has 0 unspecified atom stereocenters. The average molecular weight is 272 g/mol. The molecule has 1 amide bonds. The summed E-state index contributed by atoms with van der Waals surface area (Å²) in [5, 5.41) is 10.1. The second-order valence-corrected chi connectivity index (χ2v) is 6.17. The van der Waals surface area contributed by atoms with Gasteiger partial charge in [0.1, 0.15) is 5.60 Å². The van der Waals surface area contributed by atoms with E-state index < -0.39 is 11.7 Å². The van der Waals surface area contributed by atoms with Crippen LogP contribution in [-0.2, 0) is 9.47 Å². The molecule has 1 N–H and O–H groups in total. The Kier molecular flexibility index (Phi) is 4.32. The molecule has 2 aliphatic rings. The molecule has 0 bridgehead atoms. The number of morpholine rings is 1. The number of nitrogens with zero attached hydrogens (tertiary/aromatic N) is 2. The molecule has 19 heavy (non-hydrogen) atoms. The van der Waals surface area contributed by atoms with E-state index in [9.17, 15) is 9.90 Å². The van der Waals surface area contributed by atoms with Crippen molar-refractivity contribution in [2.45, 2.75) is 38.5 Å². The van der Waals surface area contributed by atoms with E-state index in [2.05, 4.69) is 4.90 Å². The zero-order chi connectivity index (χ0) is 14.0. The lowest BCUT2D eigenvalue weighted by Crippen LogP contribution is -2.49. The van der Waals surface area contributed by atoms with E-state index in [-0.39, 0.29) is 12.1 Å². The molecule has 0 spiro atoms. The SMILES string of the molecule is CC(C)(C)OC(=O)N1C[C@@H](O)[C@H](N2CCOCC2)C1. The molecule has 110 valence electrons. The van der Waals surface area contributed by atoms with Crippen LogP contribution in [0.1, 0.15) is 20.8 Å². The molecular formula is C13H24N2O4. The van der Waals surface area contributed by atoms with Gasteiger partial charge < -0.3 is 19.5 Å². The van der Waals surface area contributed by atoms with Crippen molar-refractivity contribution >= 4 is 6.09 Å². The van der Waals surface area contributed by atoms with Gasteiger partial charge in [-0.2, -0.15) is 0 Å². The number of amides is 1. The molecule has 0 aliphatic carbocycles. The highest BCUT2D eigenvalue weighted by atomic mass is 16.6. The normalized spacial score (nSPS) is 29.6. The number of carbonyl (C=O) groups excluding carboxylic acids is 1. The summed E-state index contributed by atoms with van der Waals surface area (Å²) in [7, 11) is 0. The Hall–Kier alpha value is -0.850. The van der Waals surface area contributed by atoms with Gasteiger partial charge in [-0.3, -0.25) is 4.90 Å². The lowest BCUT2D eigenvalue weighted by molar-refractivity contribution is -0.00635. The maximum Gasteiger partial charge on any atom is 0.410 e. The van der Waals surface area contributed by atoms with E-state index in [4.69, 9.17) is 9.47 Å². The standard InChI is InChI=1S/C13H24N2O4/c1-13(2,3)19-12(17)15-8-10(11(16)9-15)14-4-6-18-7-5-14/h10-11,16H,4-9H2,1-3H3/t10-,11-/m1/s1. The topological polar surface area (TPSA) is 62.2 Å². The van der Waals surface area contributed by atoms with Crippen LogP contribution in [0.2, 0.25) is 0 Å². The number of ether oxygens (including phenoxy) is 2. The van der Waals surface area contributed by atoms with Crippen molar-refractivity contribution < 1.29 is 19.4 Å². The summed E-state index contributed by atoms with van der Waals surface area (Å²) in [5.41, 5.74) is -0.501. The van der Waals surface area contributed by atoms with Crippen LogP contribution in [0.25, 0.3) is 0 Å². The van der Waals surface area contributed by atoms with Crippen molar-refractivity contribution in [3.05, 3.63) is 0 Å². The summed E-state index contributed by atoms with van der Waals surface area (Å²) in [5.74, 6) is 0. The van der Waals surface area contributed by atoms with Crippen LogP contribution in [0.15, 0.2) is 0 Å². The molecule has 2 rings (SSSR count). The van der Waals surface area contributed by atoms with Gasteiger partial charge in [0.15, 0.2) is 0 Å². The minimum Gasteiger partial charge on any atom is -0.444 e. The Morgan fingerprint density at radius 2 is 1.89 bits per heavy atom. The second kappa shape index (κ2) is 5.64. The minimum atomic E-state index is -0.509. The first kappa shape index (κ1) is 14.6. The van der Waals surface area contributed by atoms with Gasteiger partial charge in [-0.05, 0) is 20.8 Å². The summed E-state index contributed by atoms with van der Waals surface area (Å²) < 4.78 is 10.6. The number of aliphatic hydroxyl groups is 1. The molecule has 2 fully saturated rings. The van der Waals surface area contributed by atoms with Gasteiger partial charge >= 0.3 is 6.09 Å². The summed E-state index contributed by atoms with van der Waals surface area (Å²) >= 11 is 0. The van der Waals surface area contributed by atoms with Crippen molar-refractivity contribution in [1.29, 1.82) is 0 Å². The van der Waals surface area contributed by atoms with E-state index in [1.54, 1.807) is 4.90 Å². The molecular weight excluding hydrogens is 248 g/mol. The Morgan fingerprint density at radius 1 is 1.26 bits per heavy atom. The lowest BCUT2D eigenvalue weighted by Gasteiger charge is -2.33. The monoisotopic (exact) mass is 272 g/mol. The Labute approximate surface area is 114 Å². The molecule has 6 heteroatoms. The Morgan fingerprint density at radius 3 is 2.47 bits per heavy atom. The number of β-amino-alcohol motifs (C(OH)–C–C–N with tert-alkyl or cyclic N) is 1. The Balaban J connectivity index is 1.91. The number of hydrogen-bond donors (Lipinski definition) is 1. The summed E-state index contributed by atoms with van der Waals surface area (Å²) in [6, 6.07) is -0.00332. The third-order valence-electron chi connectivity index (χ3n) is 3.43. The highest BCUT2D eigenvalue weighted by Crippen LogP contribution is 2.20. The van der Waals surface area contributed by atoms with E-state index in [1.165, 1.54) is 0 Å². The maximum absolute atomic E-state index is 12.0. The predicted octanol–water partition coefficient (Wildman–Crippen LogP) is 0.299. The van der Waals surface area contributed by atoms with E-state index in [1.807, 2.05) is 20.8 Å². The number of rotatable bonds is 1. The van der Waals surface area contributed by atoms with Crippen molar-refractivity contribution in [2.24, 2.45) is 0 Å². The quantitative estimate of drug-likeness (QED) is 0.744. The summed E-state index contributed by atoms with van der Waals surface area (Å²) in [6.45, 7) is 9.40. The second-order valence-electron chi connectivity index (χ2n) is 6.17. The van der Waals surface area contributed by atoms with Crippen molar-refractivity contribution in [1.82, 2.24) is 9.80 Å². The number of hydrogen-bond acceptors (Lipinski definition) is 5. The number of carbonyl (C=O) groups is 1. The van der Waals surface area contributed by atoms with Crippen molar-refractivity contribution in [2.75, 3.05) is 39.4 Å². The van der Waals surface area contributed by atoms with Gasteiger partial charge in [-0.1, -0.05) is 0 Å². The summed E-state index contributed by atoms with van der Waals surface area (Å²) in [4.78, 5) is 15.8. The fourth-order valence-corrected chi connectivity index (χ4v) is 2.51. The van der Waals surface area contributed by atoms with Gasteiger partial charge in [0.25, 0.3) is 0 Å². The van der Waals surface area contributed by atoms with E-state index in [0.717, 1.165) is 13.1 Å². The van der Waals surface area contributed by atoms with Gasteiger partial charge in [-0.15, -0.1) is 0 Å². The summed E-state index contributed by atoms with van der Waals surface area (Å²) in [6.07, 6.45) is -0.854. The largest absolute Gasteiger partial charge is 0.444 e. The van der Waals surface area contributed by atoms with Crippen LogP contribution in [-0.4, -0.2) is 78.1 Å². The number of likely N-dealkylation sites (tertiary alicyclic amines) is 1. The third-order valence-corrected chi connectivity index (χ3v) is 3.43. The first-order valence-corrected chi connectivity index (χ1v) is 6.84. The highest BCUT2D eigenvalue weighted by molar-refractivity contribution is 5.68. The molecule has 0 radical (unpaired) electrons. The lowest BCUT2D eigenvalue weighted by atomic mass is 10.2. The van der Waals surface area contributed by atoms with E-state index >= 15 is 0 Å². The van der Waals surface area contributed by atoms with Crippen LogP contribution in [0.3, 0.4) is 0 Å². The maximum atomic E-state index is 12.0. The molecule has 0 saturated carbocycles. The molecule has 0 aromatic rings. The number of aliphatic hydroxyl groups excluding tert-OH is 1.